The van der Waals surface area contributed by atoms with Crippen molar-refractivity contribution in [3.05, 3.63) is 29.5 Å². The Morgan fingerprint density at radius 3 is 2.67 bits per heavy atom. The summed E-state index contributed by atoms with van der Waals surface area (Å²) in [6, 6.07) is 0. The van der Waals surface area contributed by atoms with Crippen LogP contribution in [0.25, 0.3) is 0 Å². The van der Waals surface area contributed by atoms with Crippen molar-refractivity contribution in [1.29, 1.82) is 0 Å². The van der Waals surface area contributed by atoms with Crippen LogP contribution in [0.4, 0.5) is 0 Å². The summed E-state index contributed by atoms with van der Waals surface area (Å²) in [5, 5.41) is 8.31. The lowest BCUT2D eigenvalue weighted by atomic mass is 10.3. The largest absolute Gasteiger partial charge is 0.481 e. The first kappa shape index (κ1) is 13.2. The molecule has 0 aromatic carbocycles. The highest BCUT2D eigenvalue weighted by Gasteiger charge is 2.05. The fourth-order valence-electron chi connectivity index (χ4n) is 0.682. The van der Waals surface area contributed by atoms with Crippen molar-refractivity contribution in [3.8, 4) is 0 Å². The number of aliphatic carboxylic acids is 1. The molecule has 0 aliphatic heterocycles. The van der Waals surface area contributed by atoms with Gasteiger partial charge >= 0.3 is 11.9 Å². The summed E-state index contributed by atoms with van der Waals surface area (Å²) >= 11 is 0. The van der Waals surface area contributed by atoms with Crippen LogP contribution in [-0.2, 0) is 14.3 Å². The van der Waals surface area contributed by atoms with E-state index in [0.717, 1.165) is 0 Å². The molecular weight excluding hydrogens is 196 g/mol. The van der Waals surface area contributed by atoms with E-state index in [9.17, 15) is 9.59 Å². The van der Waals surface area contributed by atoms with E-state index in [1.54, 1.807) is 25.2 Å². The van der Waals surface area contributed by atoms with Crippen LogP contribution in [0.5, 0.6) is 0 Å². The lowest BCUT2D eigenvalue weighted by molar-refractivity contribution is -0.143. The summed E-state index contributed by atoms with van der Waals surface area (Å²) in [4.78, 5) is 21.3. The number of hydrogen-bond acceptors (Lipinski definition) is 3. The Labute approximate surface area is 88.6 Å². The molecule has 0 fully saturated rings. The molecule has 4 nitrogen and oxygen atoms in total. The summed E-state index contributed by atoms with van der Waals surface area (Å²) < 4.78 is 4.70. The molecule has 0 saturated heterocycles. The van der Waals surface area contributed by atoms with Crippen LogP contribution in [-0.4, -0.2) is 23.7 Å². The van der Waals surface area contributed by atoms with E-state index in [1.807, 2.05) is 6.92 Å². The van der Waals surface area contributed by atoms with Crippen LogP contribution >= 0.6 is 0 Å². The van der Waals surface area contributed by atoms with Crippen molar-refractivity contribution in [2.45, 2.75) is 20.3 Å². The third-order valence-corrected chi connectivity index (χ3v) is 1.47. The molecular formula is C11H14O4. The van der Waals surface area contributed by atoms with Gasteiger partial charge in [0.25, 0.3) is 0 Å². The Morgan fingerprint density at radius 1 is 1.47 bits per heavy atom. The predicted octanol–water partition coefficient (Wildman–Crippen LogP) is 1.68. The van der Waals surface area contributed by atoms with Gasteiger partial charge in [-0.3, -0.25) is 4.79 Å². The number of carbonyl (C=O) groups is 2. The summed E-state index contributed by atoms with van der Waals surface area (Å²) in [7, 11) is 0. The molecule has 0 unspecified atom stereocenters. The van der Waals surface area contributed by atoms with Gasteiger partial charge < -0.3 is 9.84 Å². The first-order valence-corrected chi connectivity index (χ1v) is 4.50. The average molecular weight is 210 g/mol. The number of carbonyl (C=O) groups excluding carboxylic acids is 1. The molecule has 0 spiro atoms. The van der Waals surface area contributed by atoms with E-state index in [0.29, 0.717) is 5.57 Å². The van der Waals surface area contributed by atoms with Gasteiger partial charge in [-0.1, -0.05) is 0 Å². The van der Waals surface area contributed by atoms with Crippen molar-refractivity contribution in [2.75, 3.05) is 6.61 Å². The van der Waals surface area contributed by atoms with Crippen LogP contribution in [0.2, 0.25) is 0 Å². The highest BCUT2D eigenvalue weighted by atomic mass is 16.5. The van der Waals surface area contributed by atoms with Gasteiger partial charge in [0.05, 0.1) is 6.42 Å². The van der Waals surface area contributed by atoms with Crippen LogP contribution in [0.15, 0.2) is 29.5 Å². The molecule has 0 heterocycles. The van der Waals surface area contributed by atoms with Gasteiger partial charge in [-0.2, -0.15) is 0 Å². The molecule has 0 aromatic heterocycles. The van der Waals surface area contributed by atoms with E-state index in [-0.39, 0.29) is 13.0 Å². The van der Waals surface area contributed by atoms with E-state index in [4.69, 9.17) is 9.84 Å². The molecule has 4 heteroatoms. The Morgan fingerprint density at radius 2 is 2.13 bits per heavy atom. The van der Waals surface area contributed by atoms with Crippen molar-refractivity contribution in [2.24, 2.45) is 0 Å². The Hall–Kier alpha value is -1.80. The fourth-order valence-corrected chi connectivity index (χ4v) is 0.682. The zero-order chi connectivity index (χ0) is 11.7. The molecule has 15 heavy (non-hydrogen) atoms. The van der Waals surface area contributed by atoms with Gasteiger partial charge in [0.1, 0.15) is 6.61 Å². The van der Waals surface area contributed by atoms with Crippen molar-refractivity contribution in [3.63, 3.8) is 0 Å². The average Bonchev–Trinajstić information content (AvgIpc) is 2.17. The third kappa shape index (κ3) is 7.28. The van der Waals surface area contributed by atoms with E-state index < -0.39 is 11.9 Å². The molecule has 0 bridgehead atoms. The van der Waals surface area contributed by atoms with Gasteiger partial charge in [0, 0.05) is 5.57 Å². The molecule has 0 amide bonds. The van der Waals surface area contributed by atoms with E-state index in [2.05, 4.69) is 5.73 Å². The van der Waals surface area contributed by atoms with Crippen LogP contribution in [0.3, 0.4) is 0 Å². The van der Waals surface area contributed by atoms with Crippen molar-refractivity contribution < 1.29 is 19.4 Å². The normalized spacial score (nSPS) is 10.1. The summed E-state index contributed by atoms with van der Waals surface area (Å²) in [5.74, 6) is -1.50. The van der Waals surface area contributed by atoms with Gasteiger partial charge in [-0.05, 0) is 32.1 Å². The highest BCUT2D eigenvalue weighted by Crippen LogP contribution is 1.97. The number of esters is 1. The van der Waals surface area contributed by atoms with E-state index in [1.165, 1.54) is 0 Å². The lowest BCUT2D eigenvalue weighted by Crippen LogP contribution is -2.09. The first-order chi connectivity index (χ1) is 7.07. The molecule has 0 atom stereocenters. The topological polar surface area (TPSA) is 63.6 Å². The first-order valence-electron chi connectivity index (χ1n) is 4.50. The third-order valence-electron chi connectivity index (χ3n) is 1.47. The summed E-state index contributed by atoms with van der Waals surface area (Å²) in [6.45, 7) is 3.30. The number of ether oxygens (including phenoxy) is 1. The summed E-state index contributed by atoms with van der Waals surface area (Å²) in [6.07, 6.45) is 4.68. The molecule has 0 aliphatic rings. The molecule has 0 rings (SSSR count). The van der Waals surface area contributed by atoms with Crippen LogP contribution in [0.1, 0.15) is 20.3 Å². The Kier molecular flexibility index (Phi) is 6.68. The number of hydrogen-bond donors (Lipinski definition) is 1. The SMILES string of the molecule is CC=C=CC=C(C)C(=O)OCCC(=O)O. The molecule has 0 saturated carbocycles. The zero-order valence-electron chi connectivity index (χ0n) is 8.82. The summed E-state index contributed by atoms with van der Waals surface area (Å²) in [5.41, 5.74) is 3.19. The van der Waals surface area contributed by atoms with Gasteiger partial charge in [-0.25, -0.2) is 4.79 Å². The maximum absolute atomic E-state index is 11.2. The lowest BCUT2D eigenvalue weighted by Gasteiger charge is -2.01. The maximum Gasteiger partial charge on any atom is 0.333 e. The molecule has 0 aliphatic carbocycles. The predicted molar refractivity (Wildman–Crippen MR) is 55.3 cm³/mol. The van der Waals surface area contributed by atoms with Crippen molar-refractivity contribution >= 4 is 11.9 Å². The monoisotopic (exact) mass is 210 g/mol. The molecule has 0 radical (unpaired) electrons. The molecule has 82 valence electrons. The number of carboxylic acids is 1. The number of allylic oxidation sites excluding steroid dienone is 2. The second kappa shape index (κ2) is 7.59. The molecule has 1 N–H and O–H groups in total. The minimum absolute atomic E-state index is 0.104. The maximum atomic E-state index is 11.2. The number of carboxylic acid groups (broad SMARTS) is 1. The van der Waals surface area contributed by atoms with Gasteiger partial charge in [0.15, 0.2) is 0 Å². The standard InChI is InChI=1S/C11H14O4/c1-3-4-5-6-9(2)11(14)15-8-7-10(12)13/h3,5-6H,7-8H2,1-2H3,(H,12,13). The Bertz CT molecular complexity index is 319. The molecule has 0 aromatic rings. The van der Waals surface area contributed by atoms with Gasteiger partial charge in [0.2, 0.25) is 0 Å². The zero-order valence-corrected chi connectivity index (χ0v) is 8.82. The van der Waals surface area contributed by atoms with E-state index >= 15 is 0 Å². The smallest absolute Gasteiger partial charge is 0.333 e. The van der Waals surface area contributed by atoms with Crippen LogP contribution in [0, 0.1) is 0 Å². The number of rotatable bonds is 5. The minimum Gasteiger partial charge on any atom is -0.481 e. The fraction of sp³-hybridized carbons (Fsp3) is 0.364. The van der Waals surface area contributed by atoms with Crippen LogP contribution < -0.4 is 0 Å². The second-order valence-corrected chi connectivity index (χ2v) is 2.75. The quantitative estimate of drug-likeness (QED) is 0.324. The highest BCUT2D eigenvalue weighted by molar-refractivity contribution is 5.88. The van der Waals surface area contributed by atoms with Crippen molar-refractivity contribution in [1.82, 2.24) is 0 Å². The Balaban J connectivity index is 4.04. The minimum atomic E-state index is -0.988. The van der Waals surface area contributed by atoms with Gasteiger partial charge in [-0.15, -0.1) is 5.73 Å². The second-order valence-electron chi connectivity index (χ2n) is 2.75.